The summed E-state index contributed by atoms with van der Waals surface area (Å²) in [7, 11) is 0. The van der Waals surface area contributed by atoms with Gasteiger partial charge in [0.25, 0.3) is 0 Å². The number of unbranched alkanes of at least 4 members (excludes halogenated alkanes) is 2. The van der Waals surface area contributed by atoms with Gasteiger partial charge in [0.2, 0.25) is 0 Å². The molecule has 0 fully saturated rings. The number of carbonyl (C=O) groups is 1. The number of halogens is 2. The molecular formula is C12H14BrFO2. The Morgan fingerprint density at radius 1 is 1.31 bits per heavy atom. The predicted octanol–water partition coefficient (Wildman–Crippen LogP) is 3.67. The van der Waals surface area contributed by atoms with Crippen LogP contribution in [0.5, 0.6) is 5.75 Å². The minimum atomic E-state index is -0.499. The summed E-state index contributed by atoms with van der Waals surface area (Å²) in [5.74, 6) is -0.847. The van der Waals surface area contributed by atoms with Crippen LogP contribution < -0.4 is 0 Å². The molecule has 1 aromatic rings. The highest BCUT2D eigenvalue weighted by Crippen LogP contribution is 2.20. The van der Waals surface area contributed by atoms with E-state index in [0.29, 0.717) is 6.42 Å². The Balaban J connectivity index is 2.55. The summed E-state index contributed by atoms with van der Waals surface area (Å²) in [6.07, 6.45) is 3.08. The van der Waals surface area contributed by atoms with Gasteiger partial charge in [0.1, 0.15) is 11.6 Å². The molecular weight excluding hydrogens is 275 g/mol. The number of benzene rings is 1. The number of aromatic hydroxyl groups is 1. The molecule has 0 heterocycles. The molecule has 1 N–H and O–H groups in total. The summed E-state index contributed by atoms with van der Waals surface area (Å²) in [5, 5.41) is 10.3. The van der Waals surface area contributed by atoms with Gasteiger partial charge in [0.05, 0.1) is 5.56 Å². The Hall–Kier alpha value is -0.900. The highest BCUT2D eigenvalue weighted by Gasteiger charge is 2.11. The Kier molecular flexibility index (Phi) is 5.46. The monoisotopic (exact) mass is 288 g/mol. The van der Waals surface area contributed by atoms with Crippen LogP contribution in [0.3, 0.4) is 0 Å². The average molecular weight is 289 g/mol. The largest absolute Gasteiger partial charge is 0.507 e. The molecule has 0 radical (unpaired) electrons. The summed E-state index contributed by atoms with van der Waals surface area (Å²) >= 11 is 3.31. The van der Waals surface area contributed by atoms with Gasteiger partial charge < -0.3 is 5.11 Å². The molecule has 2 nitrogen and oxygen atoms in total. The fourth-order valence-electron chi connectivity index (χ4n) is 1.42. The minimum Gasteiger partial charge on any atom is -0.507 e. The van der Waals surface area contributed by atoms with E-state index in [0.717, 1.165) is 36.7 Å². The molecule has 0 aliphatic carbocycles. The standard InChI is InChI=1S/C12H14BrFO2/c13-7-3-1-2-4-11(15)10-8-9(14)5-6-12(10)16/h5-6,8,16H,1-4,7H2. The van der Waals surface area contributed by atoms with Gasteiger partial charge in [-0.1, -0.05) is 22.4 Å². The maximum Gasteiger partial charge on any atom is 0.166 e. The van der Waals surface area contributed by atoms with Gasteiger partial charge in [0.15, 0.2) is 5.78 Å². The molecule has 0 atom stereocenters. The van der Waals surface area contributed by atoms with Crippen LogP contribution >= 0.6 is 15.9 Å². The zero-order chi connectivity index (χ0) is 12.0. The number of phenolic OH excluding ortho intramolecular Hbond substituents is 1. The number of hydrogen-bond acceptors (Lipinski definition) is 2. The molecule has 1 rings (SSSR count). The third-order valence-corrected chi connectivity index (χ3v) is 2.86. The fraction of sp³-hybridized carbons (Fsp3) is 0.417. The van der Waals surface area contributed by atoms with Crippen LogP contribution in [0.15, 0.2) is 18.2 Å². The van der Waals surface area contributed by atoms with Crippen LogP contribution in [0.25, 0.3) is 0 Å². The highest BCUT2D eigenvalue weighted by atomic mass is 79.9. The van der Waals surface area contributed by atoms with Gasteiger partial charge in [0, 0.05) is 11.8 Å². The molecule has 0 saturated carbocycles. The number of rotatable bonds is 6. The van der Waals surface area contributed by atoms with Crippen molar-refractivity contribution in [1.29, 1.82) is 0 Å². The van der Waals surface area contributed by atoms with E-state index in [-0.39, 0.29) is 17.1 Å². The Morgan fingerprint density at radius 3 is 2.75 bits per heavy atom. The minimum absolute atomic E-state index is 0.0823. The number of ketones is 1. The number of carbonyl (C=O) groups excluding carboxylic acids is 1. The van der Waals surface area contributed by atoms with Gasteiger partial charge in [-0.25, -0.2) is 4.39 Å². The third-order valence-electron chi connectivity index (χ3n) is 2.30. The normalized spacial score (nSPS) is 10.4. The van der Waals surface area contributed by atoms with Crippen molar-refractivity contribution >= 4 is 21.7 Å². The van der Waals surface area contributed by atoms with Gasteiger partial charge >= 0.3 is 0 Å². The molecule has 0 unspecified atom stereocenters. The van der Waals surface area contributed by atoms with Crippen LogP contribution in [0.2, 0.25) is 0 Å². The molecule has 4 heteroatoms. The second-order valence-corrected chi connectivity index (χ2v) is 4.38. The molecule has 0 saturated heterocycles. The average Bonchev–Trinajstić information content (AvgIpc) is 2.27. The summed E-state index contributed by atoms with van der Waals surface area (Å²) in [5.41, 5.74) is 0.0823. The van der Waals surface area contributed by atoms with E-state index >= 15 is 0 Å². The van der Waals surface area contributed by atoms with Crippen LogP contribution in [-0.4, -0.2) is 16.2 Å². The zero-order valence-electron chi connectivity index (χ0n) is 8.88. The fourth-order valence-corrected chi connectivity index (χ4v) is 1.82. The molecule has 0 amide bonds. The quantitative estimate of drug-likeness (QED) is 0.493. The Morgan fingerprint density at radius 2 is 2.06 bits per heavy atom. The highest BCUT2D eigenvalue weighted by molar-refractivity contribution is 9.09. The van der Waals surface area contributed by atoms with Gasteiger partial charge in [-0.05, 0) is 31.0 Å². The molecule has 0 bridgehead atoms. The van der Waals surface area contributed by atoms with Crippen molar-refractivity contribution < 1.29 is 14.3 Å². The van der Waals surface area contributed by atoms with E-state index in [1.807, 2.05) is 0 Å². The van der Waals surface area contributed by atoms with Crippen molar-refractivity contribution in [1.82, 2.24) is 0 Å². The predicted molar refractivity (Wildman–Crippen MR) is 64.7 cm³/mol. The van der Waals surface area contributed by atoms with E-state index < -0.39 is 5.82 Å². The van der Waals surface area contributed by atoms with E-state index in [1.54, 1.807) is 0 Å². The van der Waals surface area contributed by atoms with E-state index in [4.69, 9.17) is 0 Å². The van der Waals surface area contributed by atoms with Crippen molar-refractivity contribution in [2.24, 2.45) is 0 Å². The first-order valence-electron chi connectivity index (χ1n) is 5.23. The van der Waals surface area contributed by atoms with E-state index in [9.17, 15) is 14.3 Å². The first-order chi connectivity index (χ1) is 7.65. The second-order valence-electron chi connectivity index (χ2n) is 3.58. The second kappa shape index (κ2) is 6.63. The van der Waals surface area contributed by atoms with Gasteiger partial charge in [-0.3, -0.25) is 4.79 Å². The third kappa shape index (κ3) is 3.93. The van der Waals surface area contributed by atoms with Gasteiger partial charge in [-0.2, -0.15) is 0 Å². The van der Waals surface area contributed by atoms with Crippen molar-refractivity contribution in [3.8, 4) is 5.75 Å². The lowest BCUT2D eigenvalue weighted by Gasteiger charge is -2.03. The van der Waals surface area contributed by atoms with Crippen molar-refractivity contribution in [3.05, 3.63) is 29.6 Å². The van der Waals surface area contributed by atoms with Gasteiger partial charge in [-0.15, -0.1) is 0 Å². The molecule has 16 heavy (non-hydrogen) atoms. The van der Waals surface area contributed by atoms with Crippen LogP contribution in [0.1, 0.15) is 36.0 Å². The van der Waals surface area contributed by atoms with Crippen molar-refractivity contribution in [3.63, 3.8) is 0 Å². The van der Waals surface area contributed by atoms with Crippen LogP contribution in [0.4, 0.5) is 4.39 Å². The van der Waals surface area contributed by atoms with Crippen molar-refractivity contribution in [2.45, 2.75) is 25.7 Å². The summed E-state index contributed by atoms with van der Waals surface area (Å²) in [4.78, 5) is 11.6. The number of alkyl halides is 1. The van der Waals surface area contributed by atoms with Crippen LogP contribution in [-0.2, 0) is 0 Å². The maximum atomic E-state index is 12.9. The lowest BCUT2D eigenvalue weighted by Crippen LogP contribution is -2.00. The van der Waals surface area contributed by atoms with Crippen LogP contribution in [0, 0.1) is 5.82 Å². The van der Waals surface area contributed by atoms with E-state index in [2.05, 4.69) is 15.9 Å². The summed E-state index contributed by atoms with van der Waals surface area (Å²) < 4.78 is 12.9. The molecule has 0 aliphatic heterocycles. The Labute approximate surface area is 103 Å². The molecule has 1 aromatic carbocycles. The lowest BCUT2D eigenvalue weighted by atomic mass is 10.0. The topological polar surface area (TPSA) is 37.3 Å². The van der Waals surface area contributed by atoms with Crippen molar-refractivity contribution in [2.75, 3.05) is 5.33 Å². The molecule has 0 aromatic heterocycles. The number of phenols is 1. The summed E-state index contributed by atoms with van der Waals surface area (Å²) in [6, 6.07) is 3.43. The summed E-state index contributed by atoms with van der Waals surface area (Å²) in [6.45, 7) is 0. The molecule has 88 valence electrons. The van der Waals surface area contributed by atoms with E-state index in [1.165, 1.54) is 6.07 Å². The number of hydrogen-bond donors (Lipinski definition) is 1. The smallest absolute Gasteiger partial charge is 0.166 e. The first-order valence-corrected chi connectivity index (χ1v) is 6.35. The SMILES string of the molecule is O=C(CCCCCBr)c1cc(F)ccc1O. The lowest BCUT2D eigenvalue weighted by molar-refractivity contribution is 0.0976. The molecule has 0 aliphatic rings. The first kappa shape index (κ1) is 13.2. The zero-order valence-corrected chi connectivity index (χ0v) is 10.5. The maximum absolute atomic E-state index is 12.9. The molecule has 0 spiro atoms. The number of Topliss-reactive ketones (excluding diaryl/α,β-unsaturated/α-hetero) is 1. The Bertz CT molecular complexity index is 366.